The molecule has 0 aromatic carbocycles. The Bertz CT molecular complexity index is 878. The highest BCUT2D eigenvalue weighted by Gasteiger charge is 2.39. The fourth-order valence-corrected chi connectivity index (χ4v) is 6.26. The Hall–Kier alpha value is -1.33. The first-order chi connectivity index (χ1) is 16.0. The number of fused-ring (bicyclic) bond motifs is 3. The summed E-state index contributed by atoms with van der Waals surface area (Å²) in [7, 11) is 3.75. The smallest absolute Gasteiger partial charge is 0.160 e. The Kier molecular flexibility index (Phi) is 10.3. The summed E-state index contributed by atoms with van der Waals surface area (Å²) >= 11 is 3.39. The fourth-order valence-electron chi connectivity index (χ4n) is 3.66. The fraction of sp³-hybridized carbons (Fsp3) is 0.625. The maximum atomic E-state index is 11.2. The Balaban J connectivity index is 1.29. The van der Waals surface area contributed by atoms with Crippen LogP contribution < -0.4 is 4.90 Å². The summed E-state index contributed by atoms with van der Waals surface area (Å²) in [4.78, 5) is 16.8. The number of anilines is 1. The van der Waals surface area contributed by atoms with E-state index in [2.05, 4.69) is 31.9 Å². The average Bonchev–Trinajstić information content (AvgIpc) is 3.48. The van der Waals surface area contributed by atoms with E-state index in [1.54, 1.807) is 29.8 Å². The number of hydrogen-bond donors (Lipinski definition) is 0. The number of methoxy groups -OCH3 is 1. The second-order valence-corrected chi connectivity index (χ2v) is 10.4. The molecule has 3 rings (SSSR count). The van der Waals surface area contributed by atoms with Crippen LogP contribution >= 0.6 is 22.7 Å². The van der Waals surface area contributed by atoms with Crippen LogP contribution in [-0.2, 0) is 29.1 Å². The first-order valence-electron chi connectivity index (χ1n) is 11.2. The van der Waals surface area contributed by atoms with Crippen LogP contribution in [-0.4, -0.2) is 86.5 Å². The number of carbonyl (C=O) groups is 1. The predicted octanol–water partition coefficient (Wildman–Crippen LogP) is 4.08. The van der Waals surface area contributed by atoms with Crippen LogP contribution in [0.5, 0.6) is 0 Å². The summed E-state index contributed by atoms with van der Waals surface area (Å²) < 4.78 is 26.9. The van der Waals surface area contributed by atoms with Crippen molar-refractivity contribution < 1.29 is 28.5 Å². The number of aldehydes is 1. The van der Waals surface area contributed by atoms with Crippen molar-refractivity contribution in [1.82, 2.24) is 0 Å². The molecule has 184 valence electrons. The van der Waals surface area contributed by atoms with Gasteiger partial charge in [-0.15, -0.1) is 22.7 Å². The quantitative estimate of drug-likeness (QED) is 0.241. The summed E-state index contributed by atoms with van der Waals surface area (Å²) in [5.41, 5.74) is 2.56. The molecule has 0 radical (unpaired) electrons. The van der Waals surface area contributed by atoms with Gasteiger partial charge >= 0.3 is 0 Å². The Morgan fingerprint density at radius 1 is 0.818 bits per heavy atom. The van der Waals surface area contributed by atoms with Gasteiger partial charge in [0.15, 0.2) is 6.29 Å². The van der Waals surface area contributed by atoms with E-state index in [0.717, 1.165) is 17.7 Å². The summed E-state index contributed by atoms with van der Waals surface area (Å²) in [6.07, 6.45) is 0.953. The van der Waals surface area contributed by atoms with Gasteiger partial charge in [0.25, 0.3) is 0 Å². The minimum atomic E-state index is -0.0629. The molecule has 33 heavy (non-hydrogen) atoms. The number of thiophene rings is 2. The van der Waals surface area contributed by atoms with Crippen LogP contribution in [0.1, 0.15) is 34.6 Å². The lowest BCUT2D eigenvalue weighted by atomic mass is 9.84. The zero-order valence-corrected chi connectivity index (χ0v) is 21.6. The highest BCUT2D eigenvalue weighted by Crippen LogP contribution is 2.56. The first-order valence-corrected chi connectivity index (χ1v) is 12.9. The molecule has 7 nitrogen and oxygen atoms in total. The number of nitrogens with zero attached hydrogens (tertiary/aromatic N) is 1. The molecule has 0 amide bonds. The lowest BCUT2D eigenvalue weighted by molar-refractivity contribution is -0.00719. The predicted molar refractivity (Wildman–Crippen MR) is 134 cm³/mol. The molecule has 0 N–H and O–H groups in total. The molecule has 0 fully saturated rings. The van der Waals surface area contributed by atoms with Crippen molar-refractivity contribution in [3.8, 4) is 9.75 Å². The van der Waals surface area contributed by atoms with Crippen molar-refractivity contribution in [2.45, 2.75) is 19.3 Å². The van der Waals surface area contributed by atoms with Gasteiger partial charge < -0.3 is 28.6 Å². The Morgan fingerprint density at radius 2 is 1.33 bits per heavy atom. The van der Waals surface area contributed by atoms with E-state index >= 15 is 0 Å². The van der Waals surface area contributed by atoms with Crippen LogP contribution in [0.4, 0.5) is 5.00 Å². The van der Waals surface area contributed by atoms with Crippen LogP contribution in [0.2, 0.25) is 0 Å². The molecule has 1 aliphatic rings. The standard InChI is InChI=1S/C24H35NO6S2/c1-24(2)19-15-18(17-26)32-22(19)23-20(24)16-21(33-23)25(3)5-6-28-9-10-30-13-14-31-12-11-29-8-7-27-4/h15-17H,5-14H2,1-4H3. The van der Waals surface area contributed by atoms with Crippen LogP contribution in [0.15, 0.2) is 12.1 Å². The topological polar surface area (TPSA) is 66.5 Å². The highest BCUT2D eigenvalue weighted by atomic mass is 32.1. The molecule has 0 aliphatic heterocycles. The van der Waals surface area contributed by atoms with Crippen LogP contribution in [0, 0.1) is 0 Å². The van der Waals surface area contributed by atoms with E-state index in [-0.39, 0.29) is 5.41 Å². The summed E-state index contributed by atoms with van der Waals surface area (Å²) in [6.45, 7) is 10.5. The molecule has 0 atom stereocenters. The number of likely N-dealkylation sites (N-methyl/N-ethyl adjacent to an activating group) is 1. The molecule has 1 aliphatic carbocycles. The van der Waals surface area contributed by atoms with E-state index in [1.807, 2.05) is 6.07 Å². The first kappa shape index (κ1) is 26.3. The van der Waals surface area contributed by atoms with Crippen LogP contribution in [0.3, 0.4) is 0 Å². The number of carbonyl (C=O) groups excluding carboxylic acids is 1. The summed E-state index contributed by atoms with van der Waals surface area (Å²) in [5.74, 6) is 0. The SMILES string of the molecule is COCCOCCOCCOCCOCCN(C)c1cc2c(s1)-c1sc(C=O)cc1C2(C)C. The molecule has 9 heteroatoms. The largest absolute Gasteiger partial charge is 0.382 e. The monoisotopic (exact) mass is 497 g/mol. The second kappa shape index (κ2) is 12.9. The van der Waals surface area contributed by atoms with Crippen molar-refractivity contribution in [2.24, 2.45) is 0 Å². The Morgan fingerprint density at radius 3 is 1.91 bits per heavy atom. The molecular formula is C24H35NO6S2. The minimum absolute atomic E-state index is 0.0629. The van der Waals surface area contributed by atoms with Gasteiger partial charge in [0, 0.05) is 31.0 Å². The molecule has 2 aromatic heterocycles. The van der Waals surface area contributed by atoms with Crippen molar-refractivity contribution in [2.75, 3.05) is 85.1 Å². The molecular weight excluding hydrogens is 462 g/mol. The van der Waals surface area contributed by atoms with Crippen molar-refractivity contribution in [3.05, 3.63) is 28.1 Å². The zero-order valence-electron chi connectivity index (χ0n) is 20.0. The third-order valence-corrected chi connectivity index (χ3v) is 8.11. The van der Waals surface area contributed by atoms with Gasteiger partial charge in [-0.1, -0.05) is 13.8 Å². The lowest BCUT2D eigenvalue weighted by Gasteiger charge is -2.20. The van der Waals surface area contributed by atoms with Crippen molar-refractivity contribution in [1.29, 1.82) is 0 Å². The van der Waals surface area contributed by atoms with Gasteiger partial charge in [-0.05, 0) is 23.3 Å². The van der Waals surface area contributed by atoms with E-state index in [4.69, 9.17) is 23.7 Å². The van der Waals surface area contributed by atoms with Gasteiger partial charge in [-0.3, -0.25) is 4.79 Å². The van der Waals surface area contributed by atoms with Crippen LogP contribution in [0.25, 0.3) is 9.75 Å². The maximum Gasteiger partial charge on any atom is 0.160 e. The molecule has 0 saturated carbocycles. The number of rotatable bonds is 17. The third kappa shape index (κ3) is 6.85. The summed E-state index contributed by atoms with van der Waals surface area (Å²) in [6, 6.07) is 4.34. The molecule has 0 saturated heterocycles. The zero-order chi connectivity index (χ0) is 23.7. The molecule has 0 spiro atoms. The summed E-state index contributed by atoms with van der Waals surface area (Å²) in [5, 5.41) is 1.22. The third-order valence-electron chi connectivity index (χ3n) is 5.63. The van der Waals surface area contributed by atoms with Gasteiger partial charge in [0.05, 0.1) is 74.2 Å². The molecule has 2 heterocycles. The Labute approximate surface area is 204 Å². The van der Waals surface area contributed by atoms with Gasteiger partial charge in [-0.2, -0.15) is 0 Å². The molecule has 0 unspecified atom stereocenters. The van der Waals surface area contributed by atoms with Crippen molar-refractivity contribution in [3.63, 3.8) is 0 Å². The van der Waals surface area contributed by atoms with E-state index < -0.39 is 0 Å². The number of ether oxygens (including phenoxy) is 5. The van der Waals surface area contributed by atoms with Gasteiger partial charge in [-0.25, -0.2) is 0 Å². The van der Waals surface area contributed by atoms with E-state index in [9.17, 15) is 4.79 Å². The lowest BCUT2D eigenvalue weighted by Crippen LogP contribution is -2.23. The highest BCUT2D eigenvalue weighted by molar-refractivity contribution is 7.25. The van der Waals surface area contributed by atoms with E-state index in [0.29, 0.717) is 59.5 Å². The van der Waals surface area contributed by atoms with Crippen molar-refractivity contribution >= 4 is 34.0 Å². The average molecular weight is 498 g/mol. The van der Waals surface area contributed by atoms with E-state index in [1.165, 1.54) is 25.9 Å². The van der Waals surface area contributed by atoms with Gasteiger partial charge in [0.1, 0.15) is 0 Å². The maximum absolute atomic E-state index is 11.2. The molecule has 2 aromatic rings. The second-order valence-electron chi connectivity index (χ2n) is 8.33. The minimum Gasteiger partial charge on any atom is -0.382 e. The van der Waals surface area contributed by atoms with Gasteiger partial charge in [0.2, 0.25) is 0 Å². The molecule has 0 bridgehead atoms. The number of hydrogen-bond acceptors (Lipinski definition) is 9. The normalized spacial score (nSPS) is 13.8.